The topological polar surface area (TPSA) is 12.0 Å². The van der Waals surface area contributed by atoms with Crippen molar-refractivity contribution in [3.05, 3.63) is 29.8 Å². The van der Waals surface area contributed by atoms with Crippen LogP contribution in [0, 0.1) is 5.41 Å². The van der Waals surface area contributed by atoms with Crippen LogP contribution in [-0.2, 0) is 6.18 Å². The third-order valence-corrected chi connectivity index (χ3v) is 4.39. The Kier molecular flexibility index (Phi) is 4.29. The molecular weight excluding hydrogens is 275 g/mol. The second kappa shape index (κ2) is 5.61. The predicted molar refractivity (Wildman–Crippen MR) is 71.6 cm³/mol. The van der Waals surface area contributed by atoms with Crippen LogP contribution >= 0.6 is 11.6 Å². The summed E-state index contributed by atoms with van der Waals surface area (Å²) in [5, 5.41) is 3.21. The standard InChI is InChI=1S/C14H17ClF3N/c15-9-13(7-1-2-8-13)10-19-12-5-3-11(4-6-12)14(16,17)18/h3-6,19H,1-2,7-10H2. The summed E-state index contributed by atoms with van der Waals surface area (Å²) in [4.78, 5) is 0. The van der Waals surface area contributed by atoms with Gasteiger partial charge in [-0.25, -0.2) is 0 Å². The van der Waals surface area contributed by atoms with Gasteiger partial charge >= 0.3 is 6.18 Å². The van der Waals surface area contributed by atoms with Crippen LogP contribution in [0.2, 0.25) is 0 Å². The highest BCUT2D eigenvalue weighted by molar-refractivity contribution is 6.18. The molecule has 1 saturated carbocycles. The van der Waals surface area contributed by atoms with Gasteiger partial charge in [0.25, 0.3) is 0 Å². The van der Waals surface area contributed by atoms with Crippen molar-refractivity contribution in [2.75, 3.05) is 17.7 Å². The third kappa shape index (κ3) is 3.56. The molecule has 0 bridgehead atoms. The first-order valence-electron chi connectivity index (χ1n) is 6.42. The molecule has 1 aromatic rings. The summed E-state index contributed by atoms with van der Waals surface area (Å²) in [6.45, 7) is 0.724. The fourth-order valence-corrected chi connectivity index (χ4v) is 2.91. The molecule has 1 nitrogen and oxygen atoms in total. The van der Waals surface area contributed by atoms with E-state index in [4.69, 9.17) is 11.6 Å². The fraction of sp³-hybridized carbons (Fsp3) is 0.571. The van der Waals surface area contributed by atoms with E-state index in [0.29, 0.717) is 11.6 Å². The first-order valence-corrected chi connectivity index (χ1v) is 6.96. The van der Waals surface area contributed by atoms with E-state index in [1.165, 1.54) is 25.0 Å². The highest BCUT2D eigenvalue weighted by atomic mass is 35.5. The Morgan fingerprint density at radius 3 is 2.16 bits per heavy atom. The monoisotopic (exact) mass is 291 g/mol. The van der Waals surface area contributed by atoms with Crippen LogP contribution in [0.1, 0.15) is 31.2 Å². The summed E-state index contributed by atoms with van der Waals surface area (Å²) in [6.07, 6.45) is 0.262. The van der Waals surface area contributed by atoms with Crippen molar-refractivity contribution in [3.8, 4) is 0 Å². The molecule has 0 aromatic heterocycles. The Hall–Kier alpha value is -0.900. The van der Waals surface area contributed by atoms with Crippen LogP contribution < -0.4 is 5.32 Å². The van der Waals surface area contributed by atoms with Crippen molar-refractivity contribution in [1.29, 1.82) is 0 Å². The van der Waals surface area contributed by atoms with Gasteiger partial charge < -0.3 is 5.32 Å². The number of hydrogen-bond acceptors (Lipinski definition) is 1. The van der Waals surface area contributed by atoms with Crippen molar-refractivity contribution in [3.63, 3.8) is 0 Å². The summed E-state index contributed by atoms with van der Waals surface area (Å²) in [5.41, 5.74) is 0.194. The van der Waals surface area contributed by atoms with E-state index in [2.05, 4.69) is 5.32 Å². The molecule has 19 heavy (non-hydrogen) atoms. The van der Waals surface area contributed by atoms with Crippen molar-refractivity contribution in [2.24, 2.45) is 5.41 Å². The van der Waals surface area contributed by atoms with Crippen LogP contribution in [0.4, 0.5) is 18.9 Å². The van der Waals surface area contributed by atoms with Gasteiger partial charge in [-0.15, -0.1) is 11.6 Å². The molecule has 0 aliphatic heterocycles. The third-order valence-electron chi connectivity index (χ3n) is 3.83. The van der Waals surface area contributed by atoms with Crippen molar-refractivity contribution in [2.45, 2.75) is 31.9 Å². The zero-order valence-electron chi connectivity index (χ0n) is 10.6. The zero-order chi connectivity index (χ0) is 13.9. The normalized spacial score (nSPS) is 18.5. The maximum Gasteiger partial charge on any atom is 0.416 e. The van der Waals surface area contributed by atoms with Gasteiger partial charge in [-0.3, -0.25) is 0 Å². The molecule has 2 rings (SSSR count). The summed E-state index contributed by atoms with van der Waals surface area (Å²) in [5.74, 6) is 0.598. The lowest BCUT2D eigenvalue weighted by atomic mass is 9.88. The van der Waals surface area contributed by atoms with Gasteiger partial charge in [-0.05, 0) is 37.1 Å². The van der Waals surface area contributed by atoms with E-state index in [1.54, 1.807) is 0 Å². The first-order chi connectivity index (χ1) is 8.95. The zero-order valence-corrected chi connectivity index (χ0v) is 11.3. The molecule has 1 aromatic carbocycles. The average Bonchev–Trinajstić information content (AvgIpc) is 2.85. The van der Waals surface area contributed by atoms with E-state index in [-0.39, 0.29) is 5.41 Å². The van der Waals surface area contributed by atoms with Crippen molar-refractivity contribution >= 4 is 17.3 Å². The smallest absolute Gasteiger partial charge is 0.384 e. The molecule has 0 unspecified atom stereocenters. The average molecular weight is 292 g/mol. The molecule has 0 amide bonds. The van der Waals surface area contributed by atoms with E-state index in [0.717, 1.165) is 31.5 Å². The minimum atomic E-state index is -4.28. The summed E-state index contributed by atoms with van der Waals surface area (Å²) in [7, 11) is 0. The molecule has 5 heteroatoms. The number of anilines is 1. The van der Waals surface area contributed by atoms with E-state index in [1.807, 2.05) is 0 Å². The fourth-order valence-electron chi connectivity index (χ4n) is 2.55. The Bertz CT molecular complexity index is 408. The highest BCUT2D eigenvalue weighted by Gasteiger charge is 2.33. The van der Waals surface area contributed by atoms with Crippen LogP contribution in [0.5, 0.6) is 0 Å². The van der Waals surface area contributed by atoms with Gasteiger partial charge in [0.1, 0.15) is 0 Å². The molecule has 0 heterocycles. The van der Waals surface area contributed by atoms with Crippen molar-refractivity contribution < 1.29 is 13.2 Å². The highest BCUT2D eigenvalue weighted by Crippen LogP contribution is 2.39. The Balaban J connectivity index is 1.96. The molecule has 1 N–H and O–H groups in total. The van der Waals surface area contributed by atoms with Crippen LogP contribution in [0.3, 0.4) is 0 Å². The van der Waals surface area contributed by atoms with Gasteiger partial charge in [-0.2, -0.15) is 13.2 Å². The van der Waals surface area contributed by atoms with E-state index in [9.17, 15) is 13.2 Å². The van der Waals surface area contributed by atoms with Crippen molar-refractivity contribution in [1.82, 2.24) is 0 Å². The minimum Gasteiger partial charge on any atom is -0.384 e. The number of nitrogens with one attached hydrogen (secondary N) is 1. The molecule has 1 fully saturated rings. The Labute approximate surface area is 116 Å². The summed E-state index contributed by atoms with van der Waals surface area (Å²) >= 11 is 6.03. The molecule has 1 aliphatic carbocycles. The maximum atomic E-state index is 12.4. The maximum absolute atomic E-state index is 12.4. The lowest BCUT2D eigenvalue weighted by Gasteiger charge is -2.27. The number of rotatable bonds is 4. The first kappa shape index (κ1) is 14.5. The molecule has 0 atom stereocenters. The molecule has 106 valence electrons. The Morgan fingerprint density at radius 2 is 1.68 bits per heavy atom. The number of alkyl halides is 4. The lowest BCUT2D eigenvalue weighted by molar-refractivity contribution is -0.137. The number of hydrogen-bond donors (Lipinski definition) is 1. The summed E-state index contributed by atoms with van der Waals surface area (Å²) in [6, 6.07) is 5.15. The molecule has 0 radical (unpaired) electrons. The van der Waals surface area contributed by atoms with Gasteiger partial charge in [0, 0.05) is 23.5 Å². The van der Waals surface area contributed by atoms with Crippen LogP contribution in [0.15, 0.2) is 24.3 Å². The predicted octanol–water partition coefficient (Wildman–Crippen LogP) is 4.92. The van der Waals surface area contributed by atoms with Gasteiger partial charge in [0.05, 0.1) is 5.56 Å². The quantitative estimate of drug-likeness (QED) is 0.777. The molecular formula is C14H17ClF3N. The van der Waals surface area contributed by atoms with Crippen LogP contribution in [0.25, 0.3) is 0 Å². The van der Waals surface area contributed by atoms with Gasteiger partial charge in [-0.1, -0.05) is 12.8 Å². The summed E-state index contributed by atoms with van der Waals surface area (Å²) < 4.78 is 37.3. The molecule has 0 saturated heterocycles. The van der Waals surface area contributed by atoms with Gasteiger partial charge in [0.15, 0.2) is 0 Å². The largest absolute Gasteiger partial charge is 0.416 e. The van der Waals surface area contributed by atoms with Crippen LogP contribution in [-0.4, -0.2) is 12.4 Å². The van der Waals surface area contributed by atoms with E-state index >= 15 is 0 Å². The minimum absolute atomic E-state index is 0.101. The van der Waals surface area contributed by atoms with E-state index < -0.39 is 11.7 Å². The SMILES string of the molecule is FC(F)(F)c1ccc(NCC2(CCl)CCCC2)cc1. The number of benzene rings is 1. The lowest BCUT2D eigenvalue weighted by Crippen LogP contribution is -2.28. The Morgan fingerprint density at radius 1 is 1.11 bits per heavy atom. The van der Waals surface area contributed by atoms with Gasteiger partial charge in [0.2, 0.25) is 0 Å². The molecule has 0 spiro atoms. The second-order valence-electron chi connectivity index (χ2n) is 5.27. The number of halogens is 4. The molecule has 1 aliphatic rings. The second-order valence-corrected chi connectivity index (χ2v) is 5.54.